The predicted octanol–water partition coefficient (Wildman–Crippen LogP) is 2.25. The van der Waals surface area contributed by atoms with Crippen LogP contribution in [0.5, 0.6) is 0 Å². The molecule has 4 nitrogen and oxygen atoms in total. The predicted molar refractivity (Wildman–Crippen MR) is 79.1 cm³/mol. The zero-order chi connectivity index (χ0) is 13.9. The summed E-state index contributed by atoms with van der Waals surface area (Å²) in [5.74, 6) is 0.551. The van der Waals surface area contributed by atoms with Crippen LogP contribution in [0.4, 0.5) is 0 Å². The Bertz CT molecular complexity index is 564. The third-order valence-corrected chi connectivity index (χ3v) is 3.98. The van der Waals surface area contributed by atoms with Crippen LogP contribution in [0.25, 0.3) is 11.0 Å². The molecule has 0 radical (unpaired) electrons. The lowest BCUT2D eigenvalue weighted by atomic mass is 10.2. The summed E-state index contributed by atoms with van der Waals surface area (Å²) in [4.78, 5) is 16.9. The van der Waals surface area contributed by atoms with Crippen LogP contribution in [-0.2, 0) is 0 Å². The number of Topliss-reactive ketones (excluding diaryl/α,β-unsaturated/α-hetero) is 1. The zero-order valence-corrected chi connectivity index (χ0v) is 11.8. The van der Waals surface area contributed by atoms with E-state index in [1.165, 1.54) is 0 Å². The largest absolute Gasteiger partial charge is 0.453 e. The van der Waals surface area contributed by atoms with Crippen molar-refractivity contribution < 1.29 is 9.21 Å². The molecule has 4 heteroatoms. The van der Waals surface area contributed by atoms with Crippen molar-refractivity contribution in [3.05, 3.63) is 36.1 Å². The van der Waals surface area contributed by atoms with Gasteiger partial charge in [-0.2, -0.15) is 0 Å². The van der Waals surface area contributed by atoms with E-state index in [1.807, 2.05) is 30.3 Å². The second kappa shape index (κ2) is 5.77. The minimum Gasteiger partial charge on any atom is -0.453 e. The van der Waals surface area contributed by atoms with E-state index in [9.17, 15) is 4.79 Å². The van der Waals surface area contributed by atoms with Crippen molar-refractivity contribution in [1.29, 1.82) is 0 Å². The van der Waals surface area contributed by atoms with E-state index >= 15 is 0 Å². The normalized spacial score (nSPS) is 17.6. The molecule has 0 spiro atoms. The molecular weight excluding hydrogens is 252 g/mol. The molecule has 0 atom stereocenters. The fraction of sp³-hybridized carbons (Fsp3) is 0.438. The highest BCUT2D eigenvalue weighted by atomic mass is 16.3. The molecular formula is C16H20N2O2. The number of para-hydroxylation sites is 1. The van der Waals surface area contributed by atoms with E-state index in [4.69, 9.17) is 4.42 Å². The van der Waals surface area contributed by atoms with E-state index in [0.717, 1.165) is 43.7 Å². The minimum atomic E-state index is 0.0751. The first kappa shape index (κ1) is 13.3. The molecule has 106 valence electrons. The van der Waals surface area contributed by atoms with Crippen molar-refractivity contribution in [3.8, 4) is 0 Å². The number of ketones is 1. The van der Waals surface area contributed by atoms with Gasteiger partial charge in [-0.1, -0.05) is 25.1 Å². The number of rotatable bonds is 4. The SMILES string of the molecule is CCN1CCN(CC(=O)c2cc3ccccc3o2)CC1. The van der Waals surface area contributed by atoms with Crippen LogP contribution in [0.2, 0.25) is 0 Å². The molecule has 0 amide bonds. The molecule has 1 aliphatic rings. The fourth-order valence-corrected chi connectivity index (χ4v) is 2.66. The molecule has 2 heterocycles. The Balaban J connectivity index is 1.64. The second-order valence-electron chi connectivity index (χ2n) is 5.28. The van der Waals surface area contributed by atoms with Gasteiger partial charge in [0.15, 0.2) is 5.76 Å². The summed E-state index contributed by atoms with van der Waals surface area (Å²) in [5, 5.41) is 0.992. The highest BCUT2D eigenvalue weighted by Crippen LogP contribution is 2.19. The number of carbonyl (C=O) groups is 1. The van der Waals surface area contributed by atoms with Crippen molar-refractivity contribution in [1.82, 2.24) is 9.80 Å². The Morgan fingerprint density at radius 3 is 2.55 bits per heavy atom. The van der Waals surface area contributed by atoms with Gasteiger partial charge in [0.2, 0.25) is 5.78 Å². The van der Waals surface area contributed by atoms with Gasteiger partial charge in [-0.3, -0.25) is 9.69 Å². The maximum Gasteiger partial charge on any atom is 0.211 e. The molecule has 1 aliphatic heterocycles. The number of furan rings is 1. The Hall–Kier alpha value is -1.65. The molecule has 0 bridgehead atoms. The lowest BCUT2D eigenvalue weighted by molar-refractivity contribution is 0.0835. The van der Waals surface area contributed by atoms with Gasteiger partial charge < -0.3 is 9.32 Å². The van der Waals surface area contributed by atoms with Crippen LogP contribution in [0.15, 0.2) is 34.7 Å². The summed E-state index contributed by atoms with van der Waals surface area (Å²) in [7, 11) is 0. The standard InChI is InChI=1S/C16H20N2O2/c1-2-17-7-9-18(10-8-17)12-14(19)16-11-13-5-3-4-6-15(13)20-16/h3-6,11H,2,7-10,12H2,1H3. The third-order valence-electron chi connectivity index (χ3n) is 3.98. The maximum atomic E-state index is 12.3. The zero-order valence-electron chi connectivity index (χ0n) is 11.8. The monoisotopic (exact) mass is 272 g/mol. The molecule has 0 saturated carbocycles. The van der Waals surface area contributed by atoms with Gasteiger partial charge in [-0.05, 0) is 18.7 Å². The van der Waals surface area contributed by atoms with Gasteiger partial charge in [0.25, 0.3) is 0 Å². The quantitative estimate of drug-likeness (QED) is 0.800. The van der Waals surface area contributed by atoms with Crippen molar-refractivity contribution in [3.63, 3.8) is 0 Å². The Morgan fingerprint density at radius 1 is 1.15 bits per heavy atom. The first-order valence-corrected chi connectivity index (χ1v) is 7.23. The summed E-state index contributed by atoms with van der Waals surface area (Å²) >= 11 is 0. The molecule has 0 aliphatic carbocycles. The van der Waals surface area contributed by atoms with E-state index in [0.29, 0.717) is 12.3 Å². The molecule has 3 rings (SSSR count). The highest BCUT2D eigenvalue weighted by molar-refractivity contribution is 5.98. The van der Waals surface area contributed by atoms with E-state index < -0.39 is 0 Å². The van der Waals surface area contributed by atoms with Gasteiger partial charge in [-0.25, -0.2) is 0 Å². The topological polar surface area (TPSA) is 36.7 Å². The van der Waals surface area contributed by atoms with Gasteiger partial charge in [-0.15, -0.1) is 0 Å². The van der Waals surface area contributed by atoms with Crippen molar-refractivity contribution in [2.24, 2.45) is 0 Å². The summed E-state index contributed by atoms with van der Waals surface area (Å²) in [6.07, 6.45) is 0. The van der Waals surface area contributed by atoms with Crippen molar-refractivity contribution in [2.75, 3.05) is 39.3 Å². The summed E-state index contributed by atoms with van der Waals surface area (Å²) < 4.78 is 5.63. The Morgan fingerprint density at radius 2 is 1.85 bits per heavy atom. The average molecular weight is 272 g/mol. The average Bonchev–Trinajstić information content (AvgIpc) is 2.92. The number of piperazine rings is 1. The van der Waals surface area contributed by atoms with Crippen LogP contribution in [-0.4, -0.2) is 54.9 Å². The number of hydrogen-bond donors (Lipinski definition) is 0. The van der Waals surface area contributed by atoms with Gasteiger partial charge >= 0.3 is 0 Å². The summed E-state index contributed by atoms with van der Waals surface area (Å²) in [5.41, 5.74) is 0.784. The molecule has 0 N–H and O–H groups in total. The highest BCUT2D eigenvalue weighted by Gasteiger charge is 2.20. The summed E-state index contributed by atoms with van der Waals surface area (Å²) in [6.45, 7) is 7.73. The van der Waals surface area contributed by atoms with Crippen LogP contribution >= 0.6 is 0 Å². The Kier molecular flexibility index (Phi) is 3.85. The number of fused-ring (bicyclic) bond motifs is 1. The van der Waals surface area contributed by atoms with Gasteiger partial charge in [0.05, 0.1) is 6.54 Å². The lowest BCUT2D eigenvalue weighted by Crippen LogP contribution is -2.47. The fourth-order valence-electron chi connectivity index (χ4n) is 2.66. The number of benzene rings is 1. The molecule has 1 aromatic heterocycles. The first-order valence-electron chi connectivity index (χ1n) is 7.23. The van der Waals surface area contributed by atoms with Crippen LogP contribution in [0, 0.1) is 0 Å². The smallest absolute Gasteiger partial charge is 0.211 e. The Labute approximate surface area is 119 Å². The summed E-state index contributed by atoms with van der Waals surface area (Å²) in [6, 6.07) is 9.59. The van der Waals surface area contributed by atoms with E-state index in [-0.39, 0.29) is 5.78 Å². The van der Waals surface area contributed by atoms with Crippen LogP contribution in [0.3, 0.4) is 0 Å². The number of likely N-dealkylation sites (N-methyl/N-ethyl adjacent to an activating group) is 1. The van der Waals surface area contributed by atoms with Crippen molar-refractivity contribution >= 4 is 16.8 Å². The number of carbonyl (C=O) groups excluding carboxylic acids is 1. The van der Waals surface area contributed by atoms with E-state index in [1.54, 1.807) is 0 Å². The molecule has 1 saturated heterocycles. The third kappa shape index (κ3) is 2.76. The van der Waals surface area contributed by atoms with Gasteiger partial charge in [0.1, 0.15) is 5.58 Å². The molecule has 20 heavy (non-hydrogen) atoms. The molecule has 2 aromatic rings. The van der Waals surface area contributed by atoms with Crippen molar-refractivity contribution in [2.45, 2.75) is 6.92 Å². The number of nitrogens with zero attached hydrogens (tertiary/aromatic N) is 2. The maximum absolute atomic E-state index is 12.3. The van der Waals surface area contributed by atoms with E-state index in [2.05, 4.69) is 16.7 Å². The van der Waals surface area contributed by atoms with Gasteiger partial charge in [0, 0.05) is 31.6 Å². The first-order chi connectivity index (χ1) is 9.76. The molecule has 1 fully saturated rings. The minimum absolute atomic E-state index is 0.0751. The molecule has 1 aromatic carbocycles. The van der Waals surface area contributed by atoms with Crippen LogP contribution < -0.4 is 0 Å². The van der Waals surface area contributed by atoms with Crippen LogP contribution in [0.1, 0.15) is 17.5 Å². The lowest BCUT2D eigenvalue weighted by Gasteiger charge is -2.33. The number of hydrogen-bond acceptors (Lipinski definition) is 4. The second-order valence-corrected chi connectivity index (χ2v) is 5.28. The molecule has 0 unspecified atom stereocenters.